The van der Waals surface area contributed by atoms with Crippen LogP contribution in [-0.4, -0.2) is 52.9 Å². The summed E-state index contributed by atoms with van der Waals surface area (Å²) in [5, 5.41) is 20.1. The van der Waals surface area contributed by atoms with Gasteiger partial charge in [0.25, 0.3) is 0 Å². The molecule has 0 radical (unpaired) electrons. The first-order valence-electron chi connectivity index (χ1n) is 8.50. The highest BCUT2D eigenvalue weighted by molar-refractivity contribution is 5.73. The summed E-state index contributed by atoms with van der Waals surface area (Å²) in [5.74, 6) is 0.194. The molecule has 2 N–H and O–H groups in total. The number of rotatable bonds is 0. The van der Waals surface area contributed by atoms with E-state index in [2.05, 4.69) is 0 Å². The lowest BCUT2D eigenvalue weighted by atomic mass is 10.0. The molecule has 2 atom stereocenters. The maximum absolute atomic E-state index is 13.5. The van der Waals surface area contributed by atoms with E-state index >= 15 is 0 Å². The van der Waals surface area contributed by atoms with Crippen LogP contribution in [0.25, 0.3) is 0 Å². The average Bonchev–Trinajstić information content (AvgIpc) is 2.54. The molecule has 5 nitrogen and oxygen atoms in total. The van der Waals surface area contributed by atoms with Crippen LogP contribution in [0.15, 0.2) is 18.2 Å². The molecule has 134 valence electrons. The fourth-order valence-electron chi connectivity index (χ4n) is 2.87. The molecule has 0 saturated heterocycles. The maximum Gasteiger partial charge on any atom is 0.219 e. The number of aryl methyl sites for hydroxylation is 1. The molecule has 1 aliphatic heterocycles. The predicted molar refractivity (Wildman–Crippen MR) is 88.3 cm³/mol. The van der Waals surface area contributed by atoms with Crippen molar-refractivity contribution < 1.29 is 24.1 Å². The van der Waals surface area contributed by atoms with Gasteiger partial charge >= 0.3 is 0 Å². The van der Waals surface area contributed by atoms with Gasteiger partial charge in [-0.3, -0.25) is 4.79 Å². The van der Waals surface area contributed by atoms with Crippen molar-refractivity contribution >= 4 is 5.91 Å². The molecular formula is C18H26FNO4. The number of hydrogen-bond acceptors (Lipinski definition) is 4. The number of aliphatic hydroxyl groups is 2. The second-order valence-corrected chi connectivity index (χ2v) is 6.30. The number of fused-ring (bicyclic) bond motifs is 1. The molecular weight excluding hydrogens is 313 g/mol. The Morgan fingerprint density at radius 2 is 2.00 bits per heavy atom. The third-order valence-corrected chi connectivity index (χ3v) is 4.39. The lowest BCUT2D eigenvalue weighted by molar-refractivity contribution is -0.129. The van der Waals surface area contributed by atoms with Crippen LogP contribution in [0.3, 0.4) is 0 Å². The highest BCUT2D eigenvalue weighted by atomic mass is 19.1. The van der Waals surface area contributed by atoms with Crippen LogP contribution in [0.5, 0.6) is 5.75 Å². The summed E-state index contributed by atoms with van der Waals surface area (Å²) < 4.78 is 19.1. The maximum atomic E-state index is 13.5. The van der Waals surface area contributed by atoms with E-state index in [0.29, 0.717) is 31.7 Å². The summed E-state index contributed by atoms with van der Waals surface area (Å²) in [4.78, 5) is 13.3. The smallest absolute Gasteiger partial charge is 0.219 e. The summed E-state index contributed by atoms with van der Waals surface area (Å²) in [6, 6.07) is 4.34. The van der Waals surface area contributed by atoms with Gasteiger partial charge in [-0.2, -0.15) is 0 Å². The Kier molecular flexibility index (Phi) is 6.99. The summed E-state index contributed by atoms with van der Waals surface area (Å²) >= 11 is 0. The third-order valence-electron chi connectivity index (χ3n) is 4.39. The molecule has 1 aromatic carbocycles. The standard InChI is InChI=1S/C18H26FNO4/c1-13(21)20-9-4-2-3-5-14-11-15(19)6-7-18(14)24-12-17(23)16(22)8-10-20/h6-7,11,16-17,22-23H,2-5,8-10,12H2,1H3/t16-,17+/m0/s1. The Bertz CT molecular complexity index is 552. The first-order chi connectivity index (χ1) is 11.5. The molecule has 0 aromatic heterocycles. The van der Waals surface area contributed by atoms with Gasteiger partial charge in [-0.1, -0.05) is 6.42 Å². The molecule has 1 aromatic rings. The quantitative estimate of drug-likeness (QED) is 0.757. The number of carbonyl (C=O) groups is 1. The third kappa shape index (κ3) is 5.46. The van der Waals surface area contributed by atoms with Crippen LogP contribution >= 0.6 is 0 Å². The summed E-state index contributed by atoms with van der Waals surface area (Å²) in [7, 11) is 0. The Hall–Kier alpha value is -1.66. The zero-order chi connectivity index (χ0) is 17.5. The SMILES string of the molecule is CC(=O)N1CCCCCc2cc(F)ccc2OC[C@@H](O)[C@@H](O)CC1. The first-order valence-corrected chi connectivity index (χ1v) is 8.50. The lowest BCUT2D eigenvalue weighted by Gasteiger charge is -2.25. The van der Waals surface area contributed by atoms with Gasteiger partial charge in [0.15, 0.2) is 0 Å². The van der Waals surface area contributed by atoms with Crippen molar-refractivity contribution in [3.8, 4) is 5.75 Å². The van der Waals surface area contributed by atoms with Crippen molar-refractivity contribution in [3.63, 3.8) is 0 Å². The number of ether oxygens (including phenoxy) is 1. The van der Waals surface area contributed by atoms with Crippen molar-refractivity contribution in [1.82, 2.24) is 4.90 Å². The first kappa shape index (κ1) is 18.7. The second-order valence-electron chi connectivity index (χ2n) is 6.30. The highest BCUT2D eigenvalue weighted by Crippen LogP contribution is 2.23. The van der Waals surface area contributed by atoms with E-state index in [1.165, 1.54) is 19.1 Å². The Balaban J connectivity index is 2.10. The Morgan fingerprint density at radius 3 is 2.75 bits per heavy atom. The zero-order valence-electron chi connectivity index (χ0n) is 14.1. The average molecular weight is 339 g/mol. The van der Waals surface area contributed by atoms with E-state index in [1.807, 2.05) is 0 Å². The van der Waals surface area contributed by atoms with Gasteiger partial charge in [0.05, 0.1) is 6.10 Å². The number of benzene rings is 1. The molecule has 1 amide bonds. The van der Waals surface area contributed by atoms with Crippen LogP contribution in [-0.2, 0) is 11.2 Å². The van der Waals surface area contributed by atoms with E-state index in [1.54, 1.807) is 11.0 Å². The van der Waals surface area contributed by atoms with Gasteiger partial charge in [-0.15, -0.1) is 0 Å². The number of carbonyl (C=O) groups excluding carboxylic acids is 1. The molecule has 0 unspecified atom stereocenters. The Labute approximate surface area is 142 Å². The van der Waals surface area contributed by atoms with Crippen LogP contribution in [0.2, 0.25) is 0 Å². The topological polar surface area (TPSA) is 70.0 Å². The van der Waals surface area contributed by atoms with Crippen LogP contribution in [0.1, 0.15) is 38.2 Å². The van der Waals surface area contributed by atoms with Crippen LogP contribution in [0.4, 0.5) is 4.39 Å². The minimum Gasteiger partial charge on any atom is -0.491 e. The van der Waals surface area contributed by atoms with E-state index < -0.39 is 12.2 Å². The molecule has 6 heteroatoms. The number of aliphatic hydroxyl groups excluding tert-OH is 2. The van der Waals surface area contributed by atoms with Gasteiger partial charge in [0.1, 0.15) is 24.3 Å². The fraction of sp³-hybridized carbons (Fsp3) is 0.611. The van der Waals surface area contributed by atoms with E-state index in [0.717, 1.165) is 24.8 Å². The molecule has 24 heavy (non-hydrogen) atoms. The van der Waals surface area contributed by atoms with E-state index in [4.69, 9.17) is 4.74 Å². The molecule has 1 aliphatic rings. The minimum atomic E-state index is -1.06. The normalized spacial score (nSPS) is 23.8. The summed E-state index contributed by atoms with van der Waals surface area (Å²) in [5.41, 5.74) is 0.761. The molecule has 0 bridgehead atoms. The summed E-state index contributed by atoms with van der Waals surface area (Å²) in [6.07, 6.45) is 1.58. The van der Waals surface area contributed by atoms with E-state index in [9.17, 15) is 19.4 Å². The molecule has 1 heterocycles. The highest BCUT2D eigenvalue weighted by Gasteiger charge is 2.20. The number of amides is 1. The van der Waals surface area contributed by atoms with Crippen LogP contribution < -0.4 is 4.74 Å². The monoisotopic (exact) mass is 339 g/mol. The number of halogens is 1. The number of nitrogens with zero attached hydrogens (tertiary/aromatic N) is 1. The van der Waals surface area contributed by atoms with Crippen molar-refractivity contribution in [2.24, 2.45) is 0 Å². The van der Waals surface area contributed by atoms with Gasteiger partial charge < -0.3 is 19.8 Å². The minimum absolute atomic E-state index is 0.0348. The number of hydrogen-bond donors (Lipinski definition) is 2. The van der Waals surface area contributed by atoms with Crippen LogP contribution in [0, 0.1) is 5.82 Å². The molecule has 0 saturated carbocycles. The van der Waals surface area contributed by atoms with Crippen molar-refractivity contribution in [2.45, 2.75) is 51.2 Å². The molecule has 0 spiro atoms. The van der Waals surface area contributed by atoms with Crippen molar-refractivity contribution in [1.29, 1.82) is 0 Å². The molecule has 2 rings (SSSR count). The van der Waals surface area contributed by atoms with Gasteiger partial charge in [-0.25, -0.2) is 4.39 Å². The predicted octanol–water partition coefficient (Wildman–Crippen LogP) is 1.89. The fourth-order valence-corrected chi connectivity index (χ4v) is 2.87. The zero-order valence-corrected chi connectivity index (χ0v) is 14.1. The van der Waals surface area contributed by atoms with Crippen molar-refractivity contribution in [3.05, 3.63) is 29.6 Å². The van der Waals surface area contributed by atoms with E-state index in [-0.39, 0.29) is 18.3 Å². The molecule has 0 fully saturated rings. The largest absolute Gasteiger partial charge is 0.491 e. The molecule has 0 aliphatic carbocycles. The van der Waals surface area contributed by atoms with Gasteiger partial charge in [-0.05, 0) is 49.4 Å². The lowest BCUT2D eigenvalue weighted by Crippen LogP contribution is -2.37. The Morgan fingerprint density at radius 1 is 1.21 bits per heavy atom. The van der Waals surface area contributed by atoms with Gasteiger partial charge in [0, 0.05) is 20.0 Å². The summed E-state index contributed by atoms with van der Waals surface area (Å²) in [6.45, 7) is 2.48. The second kappa shape index (κ2) is 8.99. The van der Waals surface area contributed by atoms with Gasteiger partial charge in [0.2, 0.25) is 5.91 Å². The van der Waals surface area contributed by atoms with Crippen molar-refractivity contribution in [2.75, 3.05) is 19.7 Å².